The highest BCUT2D eigenvalue weighted by Gasteiger charge is 2.31. The van der Waals surface area contributed by atoms with Crippen LogP contribution in [0.15, 0.2) is 17.1 Å². The Kier molecular flexibility index (Phi) is 6.74. The van der Waals surface area contributed by atoms with Crippen molar-refractivity contribution in [3.05, 3.63) is 28.2 Å². The molecule has 1 rings (SSSR count). The summed E-state index contributed by atoms with van der Waals surface area (Å²) < 4.78 is 37.4. The largest absolute Gasteiger partial charge is 0.417 e. The van der Waals surface area contributed by atoms with Crippen LogP contribution in [0.1, 0.15) is 12.5 Å². The molecule has 0 fully saturated rings. The smallest absolute Gasteiger partial charge is 0.327 e. The van der Waals surface area contributed by atoms with Crippen LogP contribution < -0.4 is 16.2 Å². The van der Waals surface area contributed by atoms with Crippen LogP contribution in [0, 0.1) is 5.92 Å². The minimum Gasteiger partial charge on any atom is -0.327 e. The molecular weight excluding hydrogens is 299 g/mol. The van der Waals surface area contributed by atoms with Gasteiger partial charge in [0.15, 0.2) is 0 Å². The minimum atomic E-state index is -4.58. The topological polar surface area (TPSA) is 74.0 Å². The maximum atomic E-state index is 12.5. The van der Waals surface area contributed by atoms with E-state index in [1.165, 1.54) is 0 Å². The zero-order valence-electron chi connectivity index (χ0n) is 10.8. The zero-order chi connectivity index (χ0) is 14.6. The highest BCUT2D eigenvalue weighted by atomic mass is 35.5. The van der Waals surface area contributed by atoms with E-state index in [1.807, 2.05) is 4.98 Å². The molecule has 0 aromatic carbocycles. The molecule has 0 aliphatic carbocycles. The summed E-state index contributed by atoms with van der Waals surface area (Å²) in [7, 11) is 1.64. The number of anilines is 1. The van der Waals surface area contributed by atoms with Gasteiger partial charge in [0.05, 0.1) is 5.56 Å². The lowest BCUT2D eigenvalue weighted by molar-refractivity contribution is -0.137. The standard InChI is InChI=1S/C11H14F3N3O2.ClH/c1-6(4-15-2)9(18)17-8-3-7(11(12,13)14)5-16-10(8)19;/h3,5-6,15H,4H2,1-2H3,(H,16,19)(H,17,18);1H. The molecule has 0 spiro atoms. The molecule has 9 heteroatoms. The van der Waals surface area contributed by atoms with Gasteiger partial charge in [-0.2, -0.15) is 13.2 Å². The number of amides is 1. The van der Waals surface area contributed by atoms with Crippen LogP contribution in [0.5, 0.6) is 0 Å². The first kappa shape index (κ1) is 18.5. The number of H-pyrrole nitrogens is 1. The fourth-order valence-corrected chi connectivity index (χ4v) is 1.40. The number of aromatic nitrogens is 1. The molecule has 1 amide bonds. The Bertz CT molecular complexity index is 516. The lowest BCUT2D eigenvalue weighted by Crippen LogP contribution is -2.30. The van der Waals surface area contributed by atoms with Crippen molar-refractivity contribution in [3.8, 4) is 0 Å². The van der Waals surface area contributed by atoms with Crippen molar-refractivity contribution in [2.45, 2.75) is 13.1 Å². The average Bonchev–Trinajstić information content (AvgIpc) is 2.30. The molecule has 0 radical (unpaired) electrons. The molecule has 0 bridgehead atoms. The van der Waals surface area contributed by atoms with E-state index in [2.05, 4.69) is 10.6 Å². The summed E-state index contributed by atoms with van der Waals surface area (Å²) in [6.07, 6.45) is -4.02. The van der Waals surface area contributed by atoms with Gasteiger partial charge in [-0.3, -0.25) is 9.59 Å². The quantitative estimate of drug-likeness (QED) is 0.790. The number of halogens is 4. The van der Waals surface area contributed by atoms with Gasteiger partial charge in [-0.1, -0.05) is 6.92 Å². The number of alkyl halides is 3. The summed E-state index contributed by atoms with van der Waals surface area (Å²) in [5.74, 6) is -1.00. The third kappa shape index (κ3) is 4.86. The van der Waals surface area contributed by atoms with Gasteiger partial charge < -0.3 is 15.6 Å². The second kappa shape index (κ2) is 7.30. The van der Waals surface area contributed by atoms with Crippen molar-refractivity contribution in [1.82, 2.24) is 10.3 Å². The Morgan fingerprint density at radius 2 is 2.05 bits per heavy atom. The summed E-state index contributed by atoms with van der Waals surface area (Å²) in [6.45, 7) is 1.94. The van der Waals surface area contributed by atoms with E-state index in [9.17, 15) is 22.8 Å². The Morgan fingerprint density at radius 3 is 2.55 bits per heavy atom. The van der Waals surface area contributed by atoms with Crippen LogP contribution in [-0.2, 0) is 11.0 Å². The van der Waals surface area contributed by atoms with Gasteiger partial charge in [0.1, 0.15) is 5.69 Å². The van der Waals surface area contributed by atoms with Crippen molar-refractivity contribution in [2.75, 3.05) is 18.9 Å². The fourth-order valence-electron chi connectivity index (χ4n) is 1.40. The summed E-state index contributed by atoms with van der Waals surface area (Å²) in [4.78, 5) is 24.9. The molecule has 1 atom stereocenters. The molecular formula is C11H15ClF3N3O2. The third-order valence-electron chi connectivity index (χ3n) is 2.45. The number of hydrogen-bond donors (Lipinski definition) is 3. The van der Waals surface area contributed by atoms with E-state index in [1.54, 1.807) is 14.0 Å². The Balaban J connectivity index is 0.00000361. The summed E-state index contributed by atoms with van der Waals surface area (Å²) in [5, 5.41) is 4.94. The number of pyridine rings is 1. The third-order valence-corrected chi connectivity index (χ3v) is 2.45. The number of carbonyl (C=O) groups excluding carboxylic acids is 1. The molecule has 1 aromatic heterocycles. The summed E-state index contributed by atoms with van der Waals surface area (Å²) >= 11 is 0. The highest BCUT2D eigenvalue weighted by Crippen LogP contribution is 2.29. The van der Waals surface area contributed by atoms with Gasteiger partial charge in [-0.05, 0) is 13.1 Å². The average molecular weight is 314 g/mol. The lowest BCUT2D eigenvalue weighted by Gasteiger charge is -2.12. The summed E-state index contributed by atoms with van der Waals surface area (Å²) in [6, 6.07) is 0.614. The van der Waals surface area contributed by atoms with Crippen molar-refractivity contribution >= 4 is 24.0 Å². The molecule has 1 heterocycles. The van der Waals surface area contributed by atoms with Crippen LogP contribution >= 0.6 is 12.4 Å². The van der Waals surface area contributed by atoms with Crippen LogP contribution in [0.3, 0.4) is 0 Å². The van der Waals surface area contributed by atoms with Gasteiger partial charge in [0.25, 0.3) is 5.56 Å². The Labute approximate surface area is 119 Å². The van der Waals surface area contributed by atoms with Gasteiger partial charge in [-0.25, -0.2) is 0 Å². The molecule has 1 unspecified atom stereocenters. The van der Waals surface area contributed by atoms with E-state index >= 15 is 0 Å². The van der Waals surface area contributed by atoms with E-state index in [-0.39, 0.29) is 12.4 Å². The number of carbonyl (C=O) groups is 1. The van der Waals surface area contributed by atoms with Gasteiger partial charge in [-0.15, -0.1) is 12.4 Å². The predicted molar refractivity (Wildman–Crippen MR) is 71.0 cm³/mol. The van der Waals surface area contributed by atoms with E-state index < -0.39 is 34.8 Å². The van der Waals surface area contributed by atoms with Gasteiger partial charge >= 0.3 is 6.18 Å². The molecule has 1 aromatic rings. The van der Waals surface area contributed by atoms with Gasteiger partial charge in [0.2, 0.25) is 5.91 Å². The predicted octanol–water partition coefficient (Wildman–Crippen LogP) is 1.61. The lowest BCUT2D eigenvalue weighted by atomic mass is 10.1. The number of hydrogen-bond acceptors (Lipinski definition) is 3. The molecule has 0 saturated heterocycles. The minimum absolute atomic E-state index is 0. The monoisotopic (exact) mass is 313 g/mol. The van der Waals surface area contributed by atoms with Gasteiger partial charge in [0, 0.05) is 18.7 Å². The first-order valence-electron chi connectivity index (χ1n) is 5.51. The van der Waals surface area contributed by atoms with Crippen molar-refractivity contribution in [2.24, 2.45) is 5.92 Å². The molecule has 0 saturated carbocycles. The first-order chi connectivity index (χ1) is 8.75. The second-order valence-corrected chi connectivity index (χ2v) is 4.08. The van der Waals surface area contributed by atoms with E-state index in [0.29, 0.717) is 18.8 Å². The number of aromatic amines is 1. The molecule has 3 N–H and O–H groups in total. The normalized spacial score (nSPS) is 12.4. The van der Waals surface area contributed by atoms with E-state index in [4.69, 9.17) is 0 Å². The number of nitrogens with one attached hydrogen (secondary N) is 3. The summed E-state index contributed by atoms with van der Waals surface area (Å²) in [5.41, 5.74) is -2.22. The molecule has 114 valence electrons. The van der Waals surface area contributed by atoms with Crippen LogP contribution in [0.2, 0.25) is 0 Å². The van der Waals surface area contributed by atoms with Crippen molar-refractivity contribution < 1.29 is 18.0 Å². The van der Waals surface area contributed by atoms with E-state index in [0.717, 1.165) is 0 Å². The van der Waals surface area contributed by atoms with Crippen LogP contribution in [0.25, 0.3) is 0 Å². The molecule has 20 heavy (non-hydrogen) atoms. The zero-order valence-corrected chi connectivity index (χ0v) is 11.6. The molecule has 5 nitrogen and oxygen atoms in total. The second-order valence-electron chi connectivity index (χ2n) is 4.08. The van der Waals surface area contributed by atoms with Crippen molar-refractivity contribution in [3.63, 3.8) is 0 Å². The first-order valence-corrected chi connectivity index (χ1v) is 5.51. The molecule has 0 aliphatic rings. The maximum absolute atomic E-state index is 12.5. The Morgan fingerprint density at radius 1 is 1.45 bits per heavy atom. The van der Waals surface area contributed by atoms with Crippen LogP contribution in [-0.4, -0.2) is 24.5 Å². The Hall–Kier alpha value is -1.54. The SMILES string of the molecule is CNCC(C)C(=O)Nc1cc(C(F)(F)F)c[nH]c1=O.Cl. The fraction of sp³-hybridized carbons (Fsp3) is 0.455. The number of rotatable bonds is 4. The van der Waals surface area contributed by atoms with Crippen molar-refractivity contribution in [1.29, 1.82) is 0 Å². The highest BCUT2D eigenvalue weighted by molar-refractivity contribution is 5.92. The molecule has 0 aliphatic heterocycles. The van der Waals surface area contributed by atoms with Crippen LogP contribution in [0.4, 0.5) is 18.9 Å². The maximum Gasteiger partial charge on any atom is 0.417 e.